The maximum absolute atomic E-state index is 13.0. The number of rotatable bonds is 7. The molecule has 4 aromatic carbocycles. The predicted octanol–water partition coefficient (Wildman–Crippen LogP) is 7.42. The molecule has 0 aliphatic heterocycles. The van der Waals surface area contributed by atoms with Gasteiger partial charge in [0.1, 0.15) is 11.6 Å². The van der Waals surface area contributed by atoms with Crippen molar-refractivity contribution in [3.05, 3.63) is 143 Å². The first kappa shape index (κ1) is 22.7. The second-order valence-corrected chi connectivity index (χ2v) is 7.65. The van der Waals surface area contributed by atoms with Crippen LogP contribution in [0.3, 0.4) is 0 Å². The minimum atomic E-state index is -0.376. The lowest BCUT2D eigenvalue weighted by Crippen LogP contribution is -1.93. The van der Waals surface area contributed by atoms with E-state index in [0.717, 1.165) is 22.3 Å². The van der Waals surface area contributed by atoms with Crippen LogP contribution in [0.1, 0.15) is 31.8 Å². The molecular weight excluding hydrogens is 430 g/mol. The summed E-state index contributed by atoms with van der Waals surface area (Å²) in [6.07, 6.45) is 6.39. The summed E-state index contributed by atoms with van der Waals surface area (Å²) in [5.74, 6) is -1.13. The molecule has 0 aromatic heterocycles. The molecule has 0 heterocycles. The lowest BCUT2D eigenvalue weighted by atomic mass is 10.0. The molecule has 0 radical (unpaired) electrons. The molecule has 0 N–H and O–H groups in total. The Kier molecular flexibility index (Phi) is 6.99. The third kappa shape index (κ3) is 5.87. The average molecular weight is 450 g/mol. The van der Waals surface area contributed by atoms with Crippen LogP contribution in [0.15, 0.2) is 109 Å². The number of hydrogen-bond acceptors (Lipinski definition) is 2. The summed E-state index contributed by atoms with van der Waals surface area (Å²) in [7, 11) is 0. The molecule has 0 aliphatic rings. The molecule has 166 valence electrons. The van der Waals surface area contributed by atoms with Crippen molar-refractivity contribution in [2.45, 2.75) is 0 Å². The number of ketones is 2. The zero-order valence-electron chi connectivity index (χ0n) is 18.1. The van der Waals surface area contributed by atoms with Crippen molar-refractivity contribution in [3.8, 4) is 11.1 Å². The molecule has 4 aromatic rings. The Morgan fingerprint density at radius 1 is 0.471 bits per heavy atom. The van der Waals surface area contributed by atoms with Gasteiger partial charge in [0.2, 0.25) is 0 Å². The molecule has 2 nitrogen and oxygen atoms in total. The summed E-state index contributed by atoms with van der Waals surface area (Å²) in [5.41, 5.74) is 4.64. The van der Waals surface area contributed by atoms with Crippen molar-refractivity contribution in [1.82, 2.24) is 0 Å². The molecule has 0 aliphatic carbocycles. The fourth-order valence-electron chi connectivity index (χ4n) is 3.34. The highest BCUT2D eigenvalue weighted by molar-refractivity contribution is 6.07. The van der Waals surface area contributed by atoms with Crippen LogP contribution in [0.5, 0.6) is 0 Å². The third-order valence-electron chi connectivity index (χ3n) is 5.27. The van der Waals surface area contributed by atoms with Crippen LogP contribution in [-0.4, -0.2) is 11.6 Å². The van der Waals surface area contributed by atoms with Gasteiger partial charge in [-0.25, -0.2) is 8.78 Å². The summed E-state index contributed by atoms with van der Waals surface area (Å²) in [6, 6.07) is 26.4. The van der Waals surface area contributed by atoms with E-state index < -0.39 is 0 Å². The molecule has 0 unspecified atom stereocenters. The molecule has 0 fully saturated rings. The summed E-state index contributed by atoms with van der Waals surface area (Å²) < 4.78 is 26.0. The van der Waals surface area contributed by atoms with Gasteiger partial charge in [-0.15, -0.1) is 0 Å². The van der Waals surface area contributed by atoms with Crippen molar-refractivity contribution >= 4 is 23.7 Å². The predicted molar refractivity (Wildman–Crippen MR) is 131 cm³/mol. The van der Waals surface area contributed by atoms with Crippen molar-refractivity contribution < 1.29 is 18.4 Å². The maximum atomic E-state index is 13.0. The van der Waals surface area contributed by atoms with Crippen molar-refractivity contribution in [2.75, 3.05) is 0 Å². The summed E-state index contributed by atoms with van der Waals surface area (Å²) in [6.45, 7) is 0. The Morgan fingerprint density at radius 2 is 0.794 bits per heavy atom. The van der Waals surface area contributed by atoms with Gasteiger partial charge >= 0.3 is 0 Å². The van der Waals surface area contributed by atoms with Gasteiger partial charge in [-0.2, -0.15) is 0 Å². The van der Waals surface area contributed by atoms with Gasteiger partial charge < -0.3 is 0 Å². The van der Waals surface area contributed by atoms with Crippen molar-refractivity contribution in [1.29, 1.82) is 0 Å². The molecule has 4 heteroatoms. The Balaban J connectivity index is 1.39. The Morgan fingerprint density at radius 3 is 1.12 bits per heavy atom. The molecule has 0 bridgehead atoms. The molecule has 0 amide bonds. The Labute approximate surface area is 196 Å². The van der Waals surface area contributed by atoms with Crippen LogP contribution in [0.25, 0.3) is 23.3 Å². The van der Waals surface area contributed by atoms with Crippen molar-refractivity contribution in [2.24, 2.45) is 0 Å². The van der Waals surface area contributed by atoms with Gasteiger partial charge in [-0.1, -0.05) is 60.7 Å². The fraction of sp³-hybridized carbons (Fsp3) is 0. The Bertz CT molecular complexity index is 1240. The number of carbonyl (C=O) groups excluding carboxylic acids is 2. The third-order valence-corrected chi connectivity index (χ3v) is 5.27. The van der Waals surface area contributed by atoms with Crippen LogP contribution in [-0.2, 0) is 0 Å². The highest BCUT2D eigenvalue weighted by Crippen LogP contribution is 2.21. The fourth-order valence-corrected chi connectivity index (χ4v) is 3.34. The lowest BCUT2D eigenvalue weighted by molar-refractivity contribution is 0.103. The van der Waals surface area contributed by atoms with Gasteiger partial charge in [0, 0.05) is 11.1 Å². The summed E-state index contributed by atoms with van der Waals surface area (Å²) in [5, 5.41) is 0. The number of benzene rings is 4. The number of hydrogen-bond donors (Lipinski definition) is 0. The first-order valence-electron chi connectivity index (χ1n) is 10.6. The normalized spacial score (nSPS) is 11.2. The minimum absolute atomic E-state index is 0.189. The van der Waals surface area contributed by atoms with Gasteiger partial charge in [0.25, 0.3) is 0 Å². The molecule has 34 heavy (non-hydrogen) atoms. The standard InChI is InChI=1S/C30H20F2O2/c31-27-15-11-25(12-16-27)29(33)19-5-21-1-7-23(8-2-21)24-9-3-22(4-10-24)6-20-30(34)26-13-17-28(32)18-14-26/h1-20H. The summed E-state index contributed by atoms with van der Waals surface area (Å²) in [4.78, 5) is 24.4. The topological polar surface area (TPSA) is 34.1 Å². The molecule has 0 spiro atoms. The lowest BCUT2D eigenvalue weighted by Gasteiger charge is -2.03. The van der Waals surface area contributed by atoms with Gasteiger partial charge in [-0.3, -0.25) is 9.59 Å². The molecule has 0 saturated heterocycles. The number of allylic oxidation sites excluding steroid dienone is 2. The zero-order chi connectivity index (χ0) is 23.9. The van der Waals surface area contributed by atoms with Gasteiger partial charge in [-0.05, 0) is 82.9 Å². The quantitative estimate of drug-likeness (QED) is 0.217. The smallest absolute Gasteiger partial charge is 0.185 e. The maximum Gasteiger partial charge on any atom is 0.185 e. The van der Waals surface area contributed by atoms with E-state index in [2.05, 4.69) is 0 Å². The van der Waals surface area contributed by atoms with E-state index in [0.29, 0.717) is 11.1 Å². The number of halogens is 2. The Hall–Kier alpha value is -4.44. The van der Waals surface area contributed by atoms with E-state index >= 15 is 0 Å². The van der Waals surface area contributed by atoms with Gasteiger partial charge in [0.05, 0.1) is 0 Å². The van der Waals surface area contributed by atoms with Crippen molar-refractivity contribution in [3.63, 3.8) is 0 Å². The number of carbonyl (C=O) groups is 2. The second-order valence-electron chi connectivity index (χ2n) is 7.65. The summed E-state index contributed by atoms with van der Waals surface area (Å²) >= 11 is 0. The molecular formula is C30H20F2O2. The van der Waals surface area contributed by atoms with Crippen LogP contribution in [0, 0.1) is 11.6 Å². The first-order chi connectivity index (χ1) is 16.5. The van der Waals surface area contributed by atoms with Gasteiger partial charge in [0.15, 0.2) is 11.6 Å². The highest BCUT2D eigenvalue weighted by Gasteiger charge is 2.03. The average Bonchev–Trinajstić information content (AvgIpc) is 2.87. The van der Waals surface area contributed by atoms with Crippen LogP contribution in [0.4, 0.5) is 8.78 Å². The minimum Gasteiger partial charge on any atom is -0.289 e. The second kappa shape index (κ2) is 10.5. The van der Waals surface area contributed by atoms with Crippen LogP contribution in [0.2, 0.25) is 0 Å². The van der Waals surface area contributed by atoms with E-state index in [1.54, 1.807) is 12.2 Å². The van der Waals surface area contributed by atoms with E-state index in [9.17, 15) is 18.4 Å². The van der Waals surface area contributed by atoms with Crippen LogP contribution < -0.4 is 0 Å². The van der Waals surface area contributed by atoms with E-state index in [1.165, 1.54) is 60.7 Å². The zero-order valence-corrected chi connectivity index (χ0v) is 18.1. The highest BCUT2D eigenvalue weighted by atomic mass is 19.1. The van der Waals surface area contributed by atoms with E-state index in [4.69, 9.17) is 0 Å². The largest absolute Gasteiger partial charge is 0.289 e. The molecule has 4 rings (SSSR count). The molecule has 0 atom stereocenters. The van der Waals surface area contributed by atoms with E-state index in [-0.39, 0.29) is 23.2 Å². The first-order valence-corrected chi connectivity index (χ1v) is 10.6. The molecule has 0 saturated carbocycles. The SMILES string of the molecule is O=C(C=Cc1ccc(-c2ccc(C=CC(=O)c3ccc(F)cc3)cc2)cc1)c1ccc(F)cc1. The van der Waals surface area contributed by atoms with E-state index in [1.807, 2.05) is 48.5 Å². The monoisotopic (exact) mass is 450 g/mol. The van der Waals surface area contributed by atoms with Crippen LogP contribution >= 0.6 is 0 Å².